The highest BCUT2D eigenvalue weighted by atomic mass is 15.1. The first-order chi connectivity index (χ1) is 25.8. The van der Waals surface area contributed by atoms with E-state index in [4.69, 9.17) is 0 Å². The van der Waals surface area contributed by atoms with Gasteiger partial charge in [-0.05, 0) is 127 Å². The highest BCUT2D eigenvalue weighted by Gasteiger charge is 2.18. The summed E-state index contributed by atoms with van der Waals surface area (Å²) in [6, 6.07) is 74.7. The Bertz CT molecular complexity index is 2840. The lowest BCUT2D eigenvalue weighted by molar-refractivity contribution is 1.29. The molecular weight excluding hydrogens is 629 g/mol. The molecule has 2 nitrogen and oxygen atoms in total. The molecule has 0 fully saturated rings. The molecule has 2 heteroatoms. The van der Waals surface area contributed by atoms with Crippen molar-refractivity contribution in [1.29, 1.82) is 0 Å². The van der Waals surface area contributed by atoms with Crippen LogP contribution in [0.2, 0.25) is 0 Å². The maximum absolute atomic E-state index is 2.38. The Labute approximate surface area is 303 Å². The van der Waals surface area contributed by atoms with Crippen molar-refractivity contribution in [2.45, 2.75) is 0 Å². The first-order valence-corrected chi connectivity index (χ1v) is 17.9. The van der Waals surface area contributed by atoms with Crippen molar-refractivity contribution in [3.63, 3.8) is 0 Å². The lowest BCUT2D eigenvalue weighted by atomic mass is 9.90. The number of benzene rings is 10. The third kappa shape index (κ3) is 5.04. The molecule has 0 unspecified atom stereocenters. The zero-order valence-corrected chi connectivity index (χ0v) is 28.5. The van der Waals surface area contributed by atoms with Crippen LogP contribution >= 0.6 is 0 Å². The summed E-state index contributed by atoms with van der Waals surface area (Å²) in [5.74, 6) is 0. The van der Waals surface area contributed by atoms with Gasteiger partial charge in [0.15, 0.2) is 0 Å². The van der Waals surface area contributed by atoms with Gasteiger partial charge in [-0.25, -0.2) is 0 Å². The quantitative estimate of drug-likeness (QED) is 0.164. The van der Waals surface area contributed by atoms with Crippen LogP contribution in [0, 0.1) is 0 Å². The zero-order chi connectivity index (χ0) is 34.4. The average molecular weight is 663 g/mol. The van der Waals surface area contributed by atoms with Gasteiger partial charge in [0.1, 0.15) is 0 Å². The largest absolute Gasteiger partial charge is 0.310 e. The number of hydrogen-bond donors (Lipinski definition) is 0. The van der Waals surface area contributed by atoms with Crippen molar-refractivity contribution in [3.8, 4) is 0 Å². The Morgan fingerprint density at radius 1 is 0.212 bits per heavy atom. The molecule has 0 radical (unpaired) electrons. The summed E-state index contributed by atoms with van der Waals surface area (Å²) < 4.78 is 0. The van der Waals surface area contributed by atoms with E-state index in [1.807, 2.05) is 0 Å². The summed E-state index contributed by atoms with van der Waals surface area (Å²) in [6.07, 6.45) is 0. The van der Waals surface area contributed by atoms with Crippen LogP contribution in [0.25, 0.3) is 53.9 Å². The Balaban J connectivity index is 1.17. The Kier molecular flexibility index (Phi) is 7.18. The molecule has 52 heavy (non-hydrogen) atoms. The molecule has 0 aliphatic rings. The van der Waals surface area contributed by atoms with E-state index >= 15 is 0 Å². The van der Waals surface area contributed by atoms with E-state index in [0.29, 0.717) is 0 Å². The maximum atomic E-state index is 2.38. The van der Waals surface area contributed by atoms with Crippen LogP contribution < -0.4 is 9.80 Å². The second-order valence-electron chi connectivity index (χ2n) is 13.4. The maximum Gasteiger partial charge on any atom is 0.0468 e. The van der Waals surface area contributed by atoms with Crippen LogP contribution in [-0.4, -0.2) is 0 Å². The fraction of sp³-hybridized carbons (Fsp3) is 0. The van der Waals surface area contributed by atoms with E-state index in [1.165, 1.54) is 53.9 Å². The van der Waals surface area contributed by atoms with E-state index in [9.17, 15) is 0 Å². The highest BCUT2D eigenvalue weighted by Crippen LogP contribution is 2.44. The molecule has 0 saturated heterocycles. The van der Waals surface area contributed by atoms with Gasteiger partial charge in [-0.1, -0.05) is 133 Å². The predicted octanol–water partition coefficient (Wildman–Crippen LogP) is 14.4. The Morgan fingerprint density at radius 2 is 0.615 bits per heavy atom. The molecule has 0 heterocycles. The Morgan fingerprint density at radius 3 is 1.27 bits per heavy atom. The van der Waals surface area contributed by atoms with Crippen LogP contribution in [0.4, 0.5) is 34.1 Å². The van der Waals surface area contributed by atoms with Crippen LogP contribution in [0.15, 0.2) is 206 Å². The number of nitrogens with zero attached hydrogens (tertiary/aromatic N) is 2. The molecular formula is C50H34N2. The topological polar surface area (TPSA) is 6.48 Å². The highest BCUT2D eigenvalue weighted by molar-refractivity contribution is 6.31. The molecule has 244 valence electrons. The SMILES string of the molecule is c1ccc(N(c2ccccc2)c2ccc3c(ccc4c5ccc(N(c6ccccc6)c6ccc7ccccc7c6)cc5c5ccccc5c34)c2)cc1. The molecule has 10 aromatic rings. The normalized spacial score (nSPS) is 11.5. The molecule has 0 N–H and O–H groups in total. The van der Waals surface area contributed by atoms with Crippen LogP contribution in [0.1, 0.15) is 0 Å². The molecule has 0 aromatic heterocycles. The van der Waals surface area contributed by atoms with Crippen molar-refractivity contribution in [1.82, 2.24) is 0 Å². The monoisotopic (exact) mass is 662 g/mol. The molecule has 0 amide bonds. The molecule has 10 aromatic carbocycles. The van der Waals surface area contributed by atoms with Gasteiger partial charge in [-0.2, -0.15) is 0 Å². The van der Waals surface area contributed by atoms with Gasteiger partial charge in [0.05, 0.1) is 0 Å². The standard InChI is InChI=1S/C50H34N2/c1-4-16-38(17-5-1)51(39-18-6-2-7-19-39)42-27-30-44-37(33-42)25-29-48-46-31-28-43(34-49(46)45-22-12-13-23-47(45)50(44)48)52(40-20-8-3-9-21-40)41-26-24-35-14-10-11-15-36(35)32-41/h1-34H. The predicted molar refractivity (Wildman–Crippen MR) is 223 cm³/mol. The molecule has 10 rings (SSSR count). The van der Waals surface area contributed by atoms with E-state index in [0.717, 1.165) is 34.1 Å². The molecule has 0 saturated carbocycles. The number of para-hydroxylation sites is 3. The minimum atomic E-state index is 1.13. The number of fused-ring (bicyclic) bond motifs is 9. The molecule has 0 aliphatic heterocycles. The van der Waals surface area contributed by atoms with Gasteiger partial charge in [0.25, 0.3) is 0 Å². The number of rotatable bonds is 6. The van der Waals surface area contributed by atoms with E-state index in [-0.39, 0.29) is 0 Å². The third-order valence-electron chi connectivity index (χ3n) is 10.3. The van der Waals surface area contributed by atoms with Gasteiger partial charge in [0.2, 0.25) is 0 Å². The minimum absolute atomic E-state index is 1.13. The lowest BCUT2D eigenvalue weighted by Crippen LogP contribution is -2.09. The van der Waals surface area contributed by atoms with Gasteiger partial charge in [0, 0.05) is 34.1 Å². The van der Waals surface area contributed by atoms with E-state index in [2.05, 4.69) is 216 Å². The van der Waals surface area contributed by atoms with Gasteiger partial charge in [-0.3, -0.25) is 0 Å². The minimum Gasteiger partial charge on any atom is -0.310 e. The van der Waals surface area contributed by atoms with Crippen LogP contribution in [0.3, 0.4) is 0 Å². The van der Waals surface area contributed by atoms with Crippen LogP contribution in [-0.2, 0) is 0 Å². The van der Waals surface area contributed by atoms with Crippen molar-refractivity contribution in [2.24, 2.45) is 0 Å². The summed E-state index contributed by atoms with van der Waals surface area (Å²) in [5, 5.41) is 12.5. The lowest BCUT2D eigenvalue weighted by Gasteiger charge is -2.27. The Hall–Kier alpha value is -6.90. The first kappa shape index (κ1) is 30.0. The summed E-state index contributed by atoms with van der Waals surface area (Å²) in [6.45, 7) is 0. The van der Waals surface area contributed by atoms with Gasteiger partial charge < -0.3 is 9.80 Å². The van der Waals surface area contributed by atoms with E-state index < -0.39 is 0 Å². The smallest absolute Gasteiger partial charge is 0.0468 e. The summed E-state index contributed by atoms with van der Waals surface area (Å²) in [4.78, 5) is 4.70. The molecule has 0 bridgehead atoms. The van der Waals surface area contributed by atoms with Crippen molar-refractivity contribution < 1.29 is 0 Å². The molecule has 0 spiro atoms. The first-order valence-electron chi connectivity index (χ1n) is 17.9. The second-order valence-corrected chi connectivity index (χ2v) is 13.4. The van der Waals surface area contributed by atoms with E-state index in [1.54, 1.807) is 0 Å². The fourth-order valence-electron chi connectivity index (χ4n) is 7.98. The molecule has 0 aliphatic carbocycles. The number of hydrogen-bond acceptors (Lipinski definition) is 2. The average Bonchev–Trinajstić information content (AvgIpc) is 3.22. The van der Waals surface area contributed by atoms with Gasteiger partial charge in [-0.15, -0.1) is 0 Å². The zero-order valence-electron chi connectivity index (χ0n) is 28.5. The van der Waals surface area contributed by atoms with Gasteiger partial charge >= 0.3 is 0 Å². The fourth-order valence-corrected chi connectivity index (χ4v) is 7.98. The van der Waals surface area contributed by atoms with Crippen molar-refractivity contribution in [3.05, 3.63) is 206 Å². The summed E-state index contributed by atoms with van der Waals surface area (Å²) >= 11 is 0. The second kappa shape index (κ2) is 12.5. The molecule has 0 atom stereocenters. The number of anilines is 6. The van der Waals surface area contributed by atoms with Crippen molar-refractivity contribution >= 4 is 88.0 Å². The summed E-state index contributed by atoms with van der Waals surface area (Å²) in [5.41, 5.74) is 6.79. The van der Waals surface area contributed by atoms with Crippen molar-refractivity contribution in [2.75, 3.05) is 9.80 Å². The summed E-state index contributed by atoms with van der Waals surface area (Å²) in [7, 11) is 0. The van der Waals surface area contributed by atoms with Crippen LogP contribution in [0.5, 0.6) is 0 Å². The third-order valence-corrected chi connectivity index (χ3v) is 10.3.